The molecule has 1 aliphatic carbocycles. The van der Waals surface area contributed by atoms with Crippen LogP contribution in [0.1, 0.15) is 54.8 Å². The van der Waals surface area contributed by atoms with E-state index in [1.807, 2.05) is 0 Å². The Balaban J connectivity index is 1.78. The number of benzene rings is 1. The van der Waals surface area contributed by atoms with Gasteiger partial charge in [0.25, 0.3) is 0 Å². The van der Waals surface area contributed by atoms with Crippen LogP contribution in [0.4, 0.5) is 0 Å². The standard InChI is InChI=1S/C17H23N3S/c1-3-8-15-17(21-20-19-15)16(18-4-2)14-11-13(14)12-9-6-5-7-10-12/h5-7,9-10,13-14,16,18H,3-4,8,11H2,1-2H3. The fraction of sp³-hybridized carbons (Fsp3) is 0.529. The van der Waals surface area contributed by atoms with Crippen molar-refractivity contribution in [3.8, 4) is 0 Å². The molecule has 0 spiro atoms. The lowest BCUT2D eigenvalue weighted by Gasteiger charge is -2.17. The summed E-state index contributed by atoms with van der Waals surface area (Å²) in [7, 11) is 0. The summed E-state index contributed by atoms with van der Waals surface area (Å²) in [6.45, 7) is 5.38. The fourth-order valence-corrected chi connectivity index (χ4v) is 4.03. The van der Waals surface area contributed by atoms with Crippen molar-refractivity contribution in [1.82, 2.24) is 14.9 Å². The molecule has 1 saturated carbocycles. The highest BCUT2D eigenvalue weighted by Gasteiger charge is 2.45. The van der Waals surface area contributed by atoms with E-state index < -0.39 is 0 Å². The van der Waals surface area contributed by atoms with E-state index in [2.05, 4.69) is 59.1 Å². The van der Waals surface area contributed by atoms with Crippen LogP contribution >= 0.6 is 11.5 Å². The minimum absolute atomic E-state index is 0.418. The summed E-state index contributed by atoms with van der Waals surface area (Å²) in [5.41, 5.74) is 2.67. The van der Waals surface area contributed by atoms with Crippen LogP contribution in [-0.4, -0.2) is 16.1 Å². The molecule has 0 amide bonds. The van der Waals surface area contributed by atoms with E-state index in [0.29, 0.717) is 17.9 Å². The average Bonchev–Trinajstić information content (AvgIpc) is 3.18. The molecule has 112 valence electrons. The molecule has 2 aromatic rings. The van der Waals surface area contributed by atoms with Crippen molar-refractivity contribution in [3.63, 3.8) is 0 Å². The van der Waals surface area contributed by atoms with Gasteiger partial charge in [-0.1, -0.05) is 55.1 Å². The van der Waals surface area contributed by atoms with E-state index in [-0.39, 0.29) is 0 Å². The first kappa shape index (κ1) is 14.7. The third-order valence-corrected chi connectivity index (χ3v) is 5.12. The molecule has 1 fully saturated rings. The maximum atomic E-state index is 4.35. The van der Waals surface area contributed by atoms with Crippen LogP contribution in [-0.2, 0) is 6.42 Å². The number of hydrogen-bond donors (Lipinski definition) is 1. The number of nitrogens with zero attached hydrogens (tertiary/aromatic N) is 2. The van der Waals surface area contributed by atoms with Gasteiger partial charge in [-0.3, -0.25) is 0 Å². The molecule has 1 heterocycles. The van der Waals surface area contributed by atoms with Gasteiger partial charge >= 0.3 is 0 Å². The second-order valence-corrected chi connectivity index (χ2v) is 6.57. The van der Waals surface area contributed by atoms with Crippen molar-refractivity contribution in [1.29, 1.82) is 0 Å². The van der Waals surface area contributed by atoms with Crippen LogP contribution in [0, 0.1) is 5.92 Å². The molecule has 3 atom stereocenters. The van der Waals surface area contributed by atoms with Crippen molar-refractivity contribution in [3.05, 3.63) is 46.5 Å². The Labute approximate surface area is 131 Å². The van der Waals surface area contributed by atoms with E-state index in [0.717, 1.165) is 19.4 Å². The zero-order valence-electron chi connectivity index (χ0n) is 12.7. The predicted octanol–water partition coefficient (Wildman–Crippen LogP) is 3.94. The Morgan fingerprint density at radius 2 is 2.10 bits per heavy atom. The normalized spacial score (nSPS) is 22.2. The summed E-state index contributed by atoms with van der Waals surface area (Å²) in [6, 6.07) is 11.3. The third kappa shape index (κ3) is 3.16. The highest BCUT2D eigenvalue weighted by Crippen LogP contribution is 2.54. The Hall–Kier alpha value is -1.26. The van der Waals surface area contributed by atoms with Gasteiger partial charge in [-0.2, -0.15) is 0 Å². The molecule has 1 aromatic carbocycles. The van der Waals surface area contributed by atoms with Gasteiger partial charge in [-0.25, -0.2) is 0 Å². The van der Waals surface area contributed by atoms with Crippen LogP contribution in [0.15, 0.2) is 30.3 Å². The monoisotopic (exact) mass is 301 g/mol. The quantitative estimate of drug-likeness (QED) is 0.841. The Morgan fingerprint density at radius 3 is 2.81 bits per heavy atom. The molecule has 3 unspecified atom stereocenters. The van der Waals surface area contributed by atoms with Gasteiger partial charge in [0.1, 0.15) is 0 Å². The highest BCUT2D eigenvalue weighted by atomic mass is 32.1. The van der Waals surface area contributed by atoms with Crippen molar-refractivity contribution in [2.45, 2.75) is 45.1 Å². The van der Waals surface area contributed by atoms with E-state index in [9.17, 15) is 0 Å². The summed E-state index contributed by atoms with van der Waals surface area (Å²) < 4.78 is 4.20. The van der Waals surface area contributed by atoms with E-state index in [1.165, 1.54) is 22.6 Å². The first-order valence-electron chi connectivity index (χ1n) is 7.94. The molecule has 1 aromatic heterocycles. The molecular formula is C17H23N3S. The largest absolute Gasteiger partial charge is 0.309 e. The molecule has 1 aliphatic rings. The number of rotatable bonds is 7. The van der Waals surface area contributed by atoms with Crippen LogP contribution in [0.2, 0.25) is 0 Å². The smallest absolute Gasteiger partial charge is 0.0803 e. The van der Waals surface area contributed by atoms with Crippen LogP contribution < -0.4 is 5.32 Å². The van der Waals surface area contributed by atoms with Gasteiger partial charge < -0.3 is 5.32 Å². The van der Waals surface area contributed by atoms with Crippen LogP contribution in [0.3, 0.4) is 0 Å². The summed E-state index contributed by atoms with van der Waals surface area (Å²) in [6.07, 6.45) is 3.44. The molecule has 4 heteroatoms. The first-order chi connectivity index (χ1) is 10.3. The van der Waals surface area contributed by atoms with E-state index in [4.69, 9.17) is 0 Å². The van der Waals surface area contributed by atoms with Gasteiger partial charge in [-0.05, 0) is 48.3 Å². The fourth-order valence-electron chi connectivity index (χ4n) is 3.19. The molecule has 3 rings (SSSR count). The lowest BCUT2D eigenvalue weighted by atomic mass is 10.0. The maximum absolute atomic E-state index is 4.35. The molecule has 0 radical (unpaired) electrons. The zero-order valence-corrected chi connectivity index (χ0v) is 13.6. The Bertz CT molecular complexity index is 566. The van der Waals surface area contributed by atoms with Gasteiger partial charge in [0.2, 0.25) is 0 Å². The SMILES string of the molecule is CCCc1nnsc1C(NCC)C1CC1c1ccccc1. The molecule has 0 bridgehead atoms. The van der Waals surface area contributed by atoms with E-state index >= 15 is 0 Å². The van der Waals surface area contributed by atoms with Crippen molar-refractivity contribution in [2.24, 2.45) is 5.92 Å². The van der Waals surface area contributed by atoms with Crippen molar-refractivity contribution < 1.29 is 0 Å². The van der Waals surface area contributed by atoms with Crippen molar-refractivity contribution >= 4 is 11.5 Å². The predicted molar refractivity (Wildman–Crippen MR) is 87.6 cm³/mol. The number of nitrogens with one attached hydrogen (secondary N) is 1. The topological polar surface area (TPSA) is 37.8 Å². The molecule has 0 aliphatic heterocycles. The van der Waals surface area contributed by atoms with E-state index in [1.54, 1.807) is 11.5 Å². The Morgan fingerprint density at radius 1 is 1.29 bits per heavy atom. The third-order valence-electron chi connectivity index (χ3n) is 4.27. The summed E-state index contributed by atoms with van der Waals surface area (Å²) >= 11 is 1.58. The van der Waals surface area contributed by atoms with Gasteiger partial charge in [0, 0.05) is 6.04 Å². The summed E-state index contributed by atoms with van der Waals surface area (Å²) in [4.78, 5) is 1.36. The molecule has 1 N–H and O–H groups in total. The summed E-state index contributed by atoms with van der Waals surface area (Å²) in [5.74, 6) is 1.37. The lowest BCUT2D eigenvalue weighted by molar-refractivity contribution is 0.489. The van der Waals surface area contributed by atoms with Crippen LogP contribution in [0.25, 0.3) is 0 Å². The minimum atomic E-state index is 0.418. The van der Waals surface area contributed by atoms with Crippen molar-refractivity contribution in [2.75, 3.05) is 6.54 Å². The Kier molecular flexibility index (Phi) is 4.66. The van der Waals surface area contributed by atoms with Gasteiger partial charge in [0.05, 0.1) is 10.6 Å². The highest BCUT2D eigenvalue weighted by molar-refractivity contribution is 7.05. The molecule has 3 nitrogen and oxygen atoms in total. The van der Waals surface area contributed by atoms with Crippen LogP contribution in [0.5, 0.6) is 0 Å². The van der Waals surface area contributed by atoms with Gasteiger partial charge in [0.15, 0.2) is 0 Å². The molecule has 0 saturated heterocycles. The second kappa shape index (κ2) is 6.67. The lowest BCUT2D eigenvalue weighted by Crippen LogP contribution is -2.23. The number of aryl methyl sites for hydroxylation is 1. The molecular weight excluding hydrogens is 278 g/mol. The summed E-state index contributed by atoms with van der Waals surface area (Å²) in [5, 5.41) is 8.02. The second-order valence-electron chi connectivity index (χ2n) is 5.79. The number of aromatic nitrogens is 2. The average molecular weight is 301 g/mol. The minimum Gasteiger partial charge on any atom is -0.309 e. The maximum Gasteiger partial charge on any atom is 0.0803 e. The first-order valence-corrected chi connectivity index (χ1v) is 8.71. The van der Waals surface area contributed by atoms with Gasteiger partial charge in [-0.15, -0.1) is 5.10 Å². The zero-order chi connectivity index (χ0) is 14.7. The number of hydrogen-bond acceptors (Lipinski definition) is 4. The molecule has 21 heavy (non-hydrogen) atoms.